The number of hydrogen-bond donors (Lipinski definition) is 0. The fourth-order valence-electron chi connectivity index (χ4n) is 1.96. The fourth-order valence-corrected chi connectivity index (χ4v) is 1.96. The predicted molar refractivity (Wildman–Crippen MR) is 77.5 cm³/mol. The minimum absolute atomic E-state index is 0.0124. The zero-order valence-electron chi connectivity index (χ0n) is 11.8. The highest BCUT2D eigenvalue weighted by molar-refractivity contribution is 5.96. The van der Waals surface area contributed by atoms with Gasteiger partial charge in [-0.3, -0.25) is 9.59 Å². The molecule has 4 heteroatoms. The van der Waals surface area contributed by atoms with Crippen LogP contribution in [0, 0.1) is 13.8 Å². The lowest BCUT2D eigenvalue weighted by Gasteiger charge is -2.08. The summed E-state index contributed by atoms with van der Waals surface area (Å²) in [6.45, 7) is 3.97. The minimum atomic E-state index is -0.299. The summed E-state index contributed by atoms with van der Waals surface area (Å²) in [6.07, 6.45) is 1.59. The summed E-state index contributed by atoms with van der Waals surface area (Å²) in [5.41, 5.74) is 2.52. The number of Topliss-reactive ketones (excluding diaryl/α,β-unsaturated/α-hetero) is 1. The topological polar surface area (TPSA) is 48.3 Å². The number of rotatable bonds is 4. The Kier molecular flexibility index (Phi) is 4.03. The van der Waals surface area contributed by atoms with Crippen LogP contribution in [0.1, 0.15) is 21.5 Å². The van der Waals surface area contributed by atoms with Crippen molar-refractivity contribution < 1.29 is 9.53 Å². The van der Waals surface area contributed by atoms with Crippen LogP contribution in [0.4, 0.5) is 0 Å². The average Bonchev–Trinajstić information content (AvgIpc) is 2.44. The number of carbonyl (C=O) groups excluding carboxylic acids is 1. The molecular weight excluding hydrogens is 254 g/mol. The molecule has 0 N–H and O–H groups in total. The van der Waals surface area contributed by atoms with E-state index in [2.05, 4.69) is 0 Å². The van der Waals surface area contributed by atoms with Gasteiger partial charge in [0.25, 0.3) is 5.56 Å². The number of benzene rings is 1. The summed E-state index contributed by atoms with van der Waals surface area (Å²) in [5, 5.41) is 0. The number of hydrogen-bond acceptors (Lipinski definition) is 3. The predicted octanol–water partition coefficient (Wildman–Crippen LogP) is 2.36. The summed E-state index contributed by atoms with van der Waals surface area (Å²) in [4.78, 5) is 24.2. The number of nitrogens with zero attached hydrogens (tertiary/aromatic N) is 1. The molecule has 2 aromatic rings. The summed E-state index contributed by atoms with van der Waals surface area (Å²) < 4.78 is 6.32. The smallest absolute Gasteiger partial charge is 0.293 e. The van der Waals surface area contributed by atoms with Gasteiger partial charge in [0.1, 0.15) is 0 Å². The van der Waals surface area contributed by atoms with E-state index < -0.39 is 0 Å². The van der Waals surface area contributed by atoms with Gasteiger partial charge in [0, 0.05) is 11.8 Å². The summed E-state index contributed by atoms with van der Waals surface area (Å²) in [7, 11) is 1.44. The molecule has 0 amide bonds. The largest absolute Gasteiger partial charge is 0.491 e. The molecule has 2 rings (SSSR count). The highest BCUT2D eigenvalue weighted by atomic mass is 16.5. The van der Waals surface area contributed by atoms with Crippen LogP contribution in [0.25, 0.3) is 0 Å². The molecule has 0 aliphatic rings. The third-order valence-electron chi connectivity index (χ3n) is 3.35. The van der Waals surface area contributed by atoms with E-state index in [-0.39, 0.29) is 23.6 Å². The van der Waals surface area contributed by atoms with Crippen LogP contribution in [0.5, 0.6) is 5.75 Å². The number of aryl methyl sites for hydroxylation is 2. The Hall–Kier alpha value is -2.36. The van der Waals surface area contributed by atoms with E-state index in [1.807, 2.05) is 26.0 Å². The maximum absolute atomic E-state index is 12.2. The maximum Gasteiger partial charge on any atom is 0.293 e. The second-order valence-electron chi connectivity index (χ2n) is 4.73. The molecule has 0 fully saturated rings. The van der Waals surface area contributed by atoms with Gasteiger partial charge in [0.05, 0.1) is 13.7 Å². The van der Waals surface area contributed by atoms with Crippen molar-refractivity contribution in [2.75, 3.05) is 7.11 Å². The van der Waals surface area contributed by atoms with Crippen LogP contribution in [0.15, 0.2) is 41.3 Å². The van der Waals surface area contributed by atoms with Gasteiger partial charge in [0.2, 0.25) is 0 Å². The molecule has 4 nitrogen and oxygen atoms in total. The quantitative estimate of drug-likeness (QED) is 0.802. The van der Waals surface area contributed by atoms with E-state index in [0.29, 0.717) is 5.56 Å². The molecule has 0 saturated carbocycles. The normalized spacial score (nSPS) is 10.3. The first-order valence-corrected chi connectivity index (χ1v) is 6.37. The Morgan fingerprint density at radius 2 is 1.95 bits per heavy atom. The summed E-state index contributed by atoms with van der Waals surface area (Å²) >= 11 is 0. The second-order valence-corrected chi connectivity index (χ2v) is 4.73. The number of aromatic nitrogens is 1. The molecule has 0 aliphatic heterocycles. The minimum Gasteiger partial charge on any atom is -0.491 e. The Balaban J connectivity index is 2.28. The Morgan fingerprint density at radius 1 is 1.20 bits per heavy atom. The Bertz CT molecular complexity index is 701. The molecule has 0 unspecified atom stereocenters. The second kappa shape index (κ2) is 5.74. The van der Waals surface area contributed by atoms with Gasteiger partial charge in [-0.15, -0.1) is 0 Å². The first-order valence-electron chi connectivity index (χ1n) is 6.37. The molecule has 0 saturated heterocycles. The highest BCUT2D eigenvalue weighted by Crippen LogP contribution is 2.11. The Morgan fingerprint density at radius 3 is 2.60 bits per heavy atom. The van der Waals surface area contributed by atoms with E-state index >= 15 is 0 Å². The van der Waals surface area contributed by atoms with Crippen molar-refractivity contribution in [3.8, 4) is 5.75 Å². The fraction of sp³-hybridized carbons (Fsp3) is 0.250. The number of ether oxygens (including phenoxy) is 1. The van der Waals surface area contributed by atoms with Crippen molar-refractivity contribution in [1.29, 1.82) is 0 Å². The van der Waals surface area contributed by atoms with Crippen LogP contribution in [-0.2, 0) is 6.54 Å². The molecule has 1 aromatic carbocycles. The lowest BCUT2D eigenvalue weighted by atomic mass is 10.0. The molecule has 0 aliphatic carbocycles. The van der Waals surface area contributed by atoms with Crippen LogP contribution < -0.4 is 10.3 Å². The van der Waals surface area contributed by atoms with E-state index in [1.54, 1.807) is 24.4 Å². The van der Waals surface area contributed by atoms with Gasteiger partial charge in [-0.2, -0.15) is 0 Å². The van der Waals surface area contributed by atoms with E-state index in [1.165, 1.54) is 11.7 Å². The van der Waals surface area contributed by atoms with Crippen LogP contribution in [-0.4, -0.2) is 17.5 Å². The SMILES string of the molecule is COc1cccn(CC(=O)c2ccc(C)c(C)c2)c1=O. The van der Waals surface area contributed by atoms with Crippen molar-refractivity contribution in [2.24, 2.45) is 0 Å². The summed E-state index contributed by atoms with van der Waals surface area (Å²) in [5.74, 6) is 0.142. The third-order valence-corrected chi connectivity index (χ3v) is 3.35. The number of pyridine rings is 1. The Labute approximate surface area is 117 Å². The van der Waals surface area contributed by atoms with Crippen LogP contribution in [0.3, 0.4) is 0 Å². The molecule has 104 valence electrons. The van der Waals surface area contributed by atoms with Crippen LogP contribution >= 0.6 is 0 Å². The van der Waals surface area contributed by atoms with Crippen molar-refractivity contribution in [1.82, 2.24) is 4.57 Å². The molecule has 20 heavy (non-hydrogen) atoms. The van der Waals surface area contributed by atoms with Crippen LogP contribution in [0.2, 0.25) is 0 Å². The zero-order chi connectivity index (χ0) is 14.7. The lowest BCUT2D eigenvalue weighted by Crippen LogP contribution is -2.24. The van der Waals surface area contributed by atoms with Gasteiger partial charge < -0.3 is 9.30 Å². The van der Waals surface area contributed by atoms with Crippen molar-refractivity contribution in [3.63, 3.8) is 0 Å². The molecular formula is C16H17NO3. The van der Waals surface area contributed by atoms with Gasteiger partial charge in [-0.25, -0.2) is 0 Å². The van der Waals surface area contributed by atoms with Gasteiger partial charge in [0.15, 0.2) is 11.5 Å². The number of ketones is 1. The standard InChI is InChI=1S/C16H17NO3/c1-11-6-7-13(9-12(11)2)14(18)10-17-8-4-5-15(20-3)16(17)19/h4-9H,10H2,1-3H3. The highest BCUT2D eigenvalue weighted by Gasteiger charge is 2.10. The molecule has 0 radical (unpaired) electrons. The first-order chi connectivity index (χ1) is 9.52. The van der Waals surface area contributed by atoms with E-state index in [0.717, 1.165) is 11.1 Å². The van der Waals surface area contributed by atoms with Gasteiger partial charge >= 0.3 is 0 Å². The van der Waals surface area contributed by atoms with E-state index in [9.17, 15) is 9.59 Å². The van der Waals surface area contributed by atoms with Gasteiger partial charge in [-0.1, -0.05) is 12.1 Å². The lowest BCUT2D eigenvalue weighted by molar-refractivity contribution is 0.0970. The average molecular weight is 271 g/mol. The molecule has 0 bridgehead atoms. The van der Waals surface area contributed by atoms with Gasteiger partial charge in [-0.05, 0) is 43.2 Å². The molecule has 0 atom stereocenters. The molecule has 0 spiro atoms. The maximum atomic E-state index is 12.2. The van der Waals surface area contributed by atoms with Crippen molar-refractivity contribution in [2.45, 2.75) is 20.4 Å². The molecule has 1 heterocycles. The third kappa shape index (κ3) is 2.79. The zero-order valence-corrected chi connectivity index (χ0v) is 11.8. The van der Waals surface area contributed by atoms with E-state index in [4.69, 9.17) is 4.74 Å². The monoisotopic (exact) mass is 271 g/mol. The molecule has 1 aromatic heterocycles. The first kappa shape index (κ1) is 14.1. The van der Waals surface area contributed by atoms with Crippen molar-refractivity contribution in [3.05, 3.63) is 63.6 Å². The number of methoxy groups -OCH3 is 1. The van der Waals surface area contributed by atoms with Crippen molar-refractivity contribution >= 4 is 5.78 Å². The number of carbonyl (C=O) groups is 1. The summed E-state index contributed by atoms with van der Waals surface area (Å²) in [6, 6.07) is 8.82.